The predicted molar refractivity (Wildman–Crippen MR) is 65.2 cm³/mol. The molecule has 0 atom stereocenters. The van der Waals surface area contributed by atoms with Crippen molar-refractivity contribution in [1.29, 1.82) is 0 Å². The van der Waals surface area contributed by atoms with Crippen LogP contribution >= 0.6 is 0 Å². The summed E-state index contributed by atoms with van der Waals surface area (Å²) in [6.07, 6.45) is 5.01. The van der Waals surface area contributed by atoms with Gasteiger partial charge < -0.3 is 9.73 Å². The van der Waals surface area contributed by atoms with E-state index in [-0.39, 0.29) is 17.2 Å². The molecule has 2 heterocycles. The van der Waals surface area contributed by atoms with E-state index >= 15 is 0 Å². The van der Waals surface area contributed by atoms with E-state index in [2.05, 4.69) is 15.3 Å². The molecule has 0 aliphatic carbocycles. The van der Waals surface area contributed by atoms with Crippen molar-refractivity contribution in [2.45, 2.75) is 13.3 Å². The molecule has 0 aliphatic heterocycles. The number of nitrogens with zero attached hydrogens (tertiary/aromatic N) is 3. The molecule has 0 unspecified atom stereocenters. The van der Waals surface area contributed by atoms with Gasteiger partial charge in [-0.25, -0.2) is 9.97 Å². The Kier molecular flexibility index (Phi) is 3.52. The van der Waals surface area contributed by atoms with Gasteiger partial charge in [0.25, 0.3) is 0 Å². The molecule has 18 heavy (non-hydrogen) atoms. The third-order valence-corrected chi connectivity index (χ3v) is 2.34. The van der Waals surface area contributed by atoms with Gasteiger partial charge in [-0.1, -0.05) is 6.92 Å². The maximum absolute atomic E-state index is 11.2. The molecule has 0 aromatic carbocycles. The SMILES string of the molecule is CCCNc1ncnc(-c2ccoc2)c1[N+](=O)[O-]. The quantitative estimate of drug-likeness (QED) is 0.645. The molecule has 2 rings (SSSR count). The highest BCUT2D eigenvalue weighted by Crippen LogP contribution is 2.32. The highest BCUT2D eigenvalue weighted by Gasteiger charge is 2.24. The maximum atomic E-state index is 11.2. The Hall–Kier alpha value is -2.44. The third-order valence-electron chi connectivity index (χ3n) is 2.34. The Morgan fingerprint density at radius 3 is 2.94 bits per heavy atom. The molecule has 2 aromatic heterocycles. The first kappa shape index (κ1) is 12.0. The number of anilines is 1. The lowest BCUT2D eigenvalue weighted by atomic mass is 10.2. The number of nitrogens with one attached hydrogen (secondary N) is 1. The summed E-state index contributed by atoms with van der Waals surface area (Å²) in [7, 11) is 0. The smallest absolute Gasteiger partial charge is 0.337 e. The lowest BCUT2D eigenvalue weighted by Crippen LogP contribution is -2.07. The second-order valence-electron chi connectivity index (χ2n) is 3.62. The van der Waals surface area contributed by atoms with Crippen LogP contribution in [0.2, 0.25) is 0 Å². The molecule has 1 N–H and O–H groups in total. The summed E-state index contributed by atoms with van der Waals surface area (Å²) in [5.41, 5.74) is 0.679. The molecule has 0 radical (unpaired) electrons. The van der Waals surface area contributed by atoms with Gasteiger partial charge in [-0.2, -0.15) is 0 Å². The molecule has 7 heteroatoms. The summed E-state index contributed by atoms with van der Waals surface area (Å²) < 4.78 is 4.92. The van der Waals surface area contributed by atoms with Crippen molar-refractivity contribution in [3.05, 3.63) is 35.0 Å². The number of furan rings is 1. The topological polar surface area (TPSA) is 94.1 Å². The average Bonchev–Trinajstić information content (AvgIpc) is 2.89. The van der Waals surface area contributed by atoms with Crippen LogP contribution in [0.25, 0.3) is 11.3 Å². The van der Waals surface area contributed by atoms with Crippen LogP contribution in [0.15, 0.2) is 29.3 Å². The molecular formula is C11H12N4O3. The van der Waals surface area contributed by atoms with Gasteiger partial charge >= 0.3 is 5.69 Å². The molecule has 2 aromatic rings. The van der Waals surface area contributed by atoms with Gasteiger partial charge in [0.1, 0.15) is 6.33 Å². The normalized spacial score (nSPS) is 10.3. The molecular weight excluding hydrogens is 236 g/mol. The fourth-order valence-electron chi connectivity index (χ4n) is 1.53. The standard InChI is InChI=1S/C11H12N4O3/c1-2-4-12-11-10(15(16)17)9(13-7-14-11)8-3-5-18-6-8/h3,5-7H,2,4H2,1H3,(H,12,13,14). The van der Waals surface area contributed by atoms with Crippen molar-refractivity contribution in [3.63, 3.8) is 0 Å². The van der Waals surface area contributed by atoms with Gasteiger partial charge in [0.05, 0.1) is 17.4 Å². The van der Waals surface area contributed by atoms with E-state index in [0.717, 1.165) is 6.42 Å². The maximum Gasteiger partial charge on any atom is 0.337 e. The van der Waals surface area contributed by atoms with Crippen LogP contribution in [-0.4, -0.2) is 21.4 Å². The van der Waals surface area contributed by atoms with E-state index in [9.17, 15) is 10.1 Å². The summed E-state index contributed by atoms with van der Waals surface area (Å²) in [5.74, 6) is 0.230. The van der Waals surface area contributed by atoms with Crippen LogP contribution in [0.4, 0.5) is 11.5 Å². The van der Waals surface area contributed by atoms with Gasteiger partial charge in [0.15, 0.2) is 5.69 Å². The minimum Gasteiger partial charge on any atom is -0.472 e. The van der Waals surface area contributed by atoms with E-state index in [1.54, 1.807) is 6.07 Å². The van der Waals surface area contributed by atoms with Crippen molar-refractivity contribution in [2.75, 3.05) is 11.9 Å². The highest BCUT2D eigenvalue weighted by molar-refractivity contribution is 5.75. The van der Waals surface area contributed by atoms with Crippen LogP contribution in [0.5, 0.6) is 0 Å². The Bertz CT molecular complexity index is 539. The Labute approximate surface area is 103 Å². The minimum absolute atomic E-state index is 0.132. The lowest BCUT2D eigenvalue weighted by Gasteiger charge is -2.06. The van der Waals surface area contributed by atoms with Gasteiger partial charge in [-0.15, -0.1) is 0 Å². The Morgan fingerprint density at radius 1 is 1.50 bits per heavy atom. The van der Waals surface area contributed by atoms with Crippen LogP contribution < -0.4 is 5.32 Å². The summed E-state index contributed by atoms with van der Waals surface area (Å²) in [6.45, 7) is 2.58. The van der Waals surface area contributed by atoms with Gasteiger partial charge in [-0.05, 0) is 12.5 Å². The molecule has 7 nitrogen and oxygen atoms in total. The van der Waals surface area contributed by atoms with Crippen LogP contribution in [-0.2, 0) is 0 Å². The van der Waals surface area contributed by atoms with Crippen molar-refractivity contribution >= 4 is 11.5 Å². The molecule has 94 valence electrons. The van der Waals surface area contributed by atoms with Crippen molar-refractivity contribution < 1.29 is 9.34 Å². The van der Waals surface area contributed by atoms with Crippen LogP contribution in [0.1, 0.15) is 13.3 Å². The van der Waals surface area contributed by atoms with E-state index < -0.39 is 4.92 Å². The molecule has 0 spiro atoms. The molecule has 0 saturated carbocycles. The van der Waals surface area contributed by atoms with Crippen LogP contribution in [0.3, 0.4) is 0 Å². The van der Waals surface area contributed by atoms with E-state index in [1.165, 1.54) is 18.9 Å². The highest BCUT2D eigenvalue weighted by atomic mass is 16.6. The molecule has 0 bridgehead atoms. The summed E-state index contributed by atoms with van der Waals surface area (Å²) in [5, 5.41) is 14.1. The first-order chi connectivity index (χ1) is 8.74. The molecule has 0 saturated heterocycles. The zero-order valence-electron chi connectivity index (χ0n) is 9.79. The van der Waals surface area contributed by atoms with Crippen LogP contribution in [0, 0.1) is 10.1 Å². The van der Waals surface area contributed by atoms with Gasteiger partial charge in [-0.3, -0.25) is 10.1 Å². The number of hydrogen-bond acceptors (Lipinski definition) is 6. The monoisotopic (exact) mass is 248 g/mol. The summed E-state index contributed by atoms with van der Waals surface area (Å²) >= 11 is 0. The Morgan fingerprint density at radius 2 is 2.33 bits per heavy atom. The number of rotatable bonds is 5. The zero-order chi connectivity index (χ0) is 13.0. The Balaban J connectivity index is 2.49. The third kappa shape index (κ3) is 2.29. The van der Waals surface area contributed by atoms with Gasteiger partial charge in [0.2, 0.25) is 5.82 Å². The number of hydrogen-bond donors (Lipinski definition) is 1. The first-order valence-corrected chi connectivity index (χ1v) is 5.50. The summed E-state index contributed by atoms with van der Waals surface area (Å²) in [6, 6.07) is 1.62. The second kappa shape index (κ2) is 5.26. The van der Waals surface area contributed by atoms with Crippen molar-refractivity contribution in [1.82, 2.24) is 9.97 Å². The lowest BCUT2D eigenvalue weighted by molar-refractivity contribution is -0.383. The average molecular weight is 248 g/mol. The predicted octanol–water partition coefficient (Wildman–Crippen LogP) is 2.47. The van der Waals surface area contributed by atoms with Crippen molar-refractivity contribution in [2.24, 2.45) is 0 Å². The first-order valence-electron chi connectivity index (χ1n) is 5.50. The molecule has 0 amide bonds. The fourth-order valence-corrected chi connectivity index (χ4v) is 1.53. The second-order valence-corrected chi connectivity index (χ2v) is 3.62. The zero-order valence-corrected chi connectivity index (χ0v) is 9.79. The summed E-state index contributed by atoms with van der Waals surface area (Å²) in [4.78, 5) is 18.5. The molecule has 0 fully saturated rings. The minimum atomic E-state index is -0.486. The van der Waals surface area contributed by atoms with E-state index in [0.29, 0.717) is 12.1 Å². The largest absolute Gasteiger partial charge is 0.472 e. The van der Waals surface area contributed by atoms with Crippen molar-refractivity contribution in [3.8, 4) is 11.3 Å². The number of nitro groups is 1. The van der Waals surface area contributed by atoms with E-state index in [4.69, 9.17) is 4.42 Å². The molecule has 0 aliphatic rings. The van der Waals surface area contributed by atoms with E-state index in [1.807, 2.05) is 6.92 Å². The fraction of sp³-hybridized carbons (Fsp3) is 0.273. The number of aromatic nitrogens is 2. The van der Waals surface area contributed by atoms with Gasteiger partial charge in [0, 0.05) is 12.1 Å².